The summed E-state index contributed by atoms with van der Waals surface area (Å²) in [5.41, 5.74) is 6.23. The first-order valence-electron chi connectivity index (χ1n) is 6.33. The summed E-state index contributed by atoms with van der Waals surface area (Å²) in [7, 11) is 1.64. The molecule has 1 aliphatic heterocycles. The van der Waals surface area contributed by atoms with E-state index in [0.717, 1.165) is 13.1 Å². The zero-order chi connectivity index (χ0) is 12.5. The van der Waals surface area contributed by atoms with Crippen molar-refractivity contribution in [1.29, 1.82) is 0 Å². The second-order valence-electron chi connectivity index (χ2n) is 5.58. The third-order valence-corrected chi connectivity index (χ3v) is 3.62. The Kier molecular flexibility index (Phi) is 3.70. The molecule has 1 heterocycles. The number of nitrogens with two attached hydrogens (primary N) is 1. The second-order valence-corrected chi connectivity index (χ2v) is 5.58. The highest BCUT2D eigenvalue weighted by molar-refractivity contribution is 5.78. The molecular formula is C12H23N3O2. The number of rotatable bonds is 6. The average molecular weight is 241 g/mol. The Labute approximate surface area is 103 Å². The summed E-state index contributed by atoms with van der Waals surface area (Å²) in [6.07, 6.45) is 2.53. The molecule has 0 bridgehead atoms. The van der Waals surface area contributed by atoms with Crippen molar-refractivity contribution in [1.82, 2.24) is 10.2 Å². The van der Waals surface area contributed by atoms with Gasteiger partial charge in [-0.05, 0) is 25.7 Å². The van der Waals surface area contributed by atoms with Crippen LogP contribution in [-0.4, -0.2) is 55.7 Å². The van der Waals surface area contributed by atoms with Crippen molar-refractivity contribution < 1.29 is 9.53 Å². The SMILES string of the molecule is COCC(C)NC(=O)CN1CC(N)(C2CC2)C1. The number of likely N-dealkylation sites (tertiary alicyclic amines) is 1. The summed E-state index contributed by atoms with van der Waals surface area (Å²) in [6, 6.07) is 0.0693. The second kappa shape index (κ2) is 4.92. The quantitative estimate of drug-likeness (QED) is 0.661. The predicted molar refractivity (Wildman–Crippen MR) is 65.6 cm³/mol. The first kappa shape index (κ1) is 12.8. The van der Waals surface area contributed by atoms with Gasteiger partial charge < -0.3 is 15.8 Å². The minimum atomic E-state index is -0.00156. The van der Waals surface area contributed by atoms with Crippen LogP contribution < -0.4 is 11.1 Å². The van der Waals surface area contributed by atoms with Crippen LogP contribution in [0.5, 0.6) is 0 Å². The van der Waals surface area contributed by atoms with Crippen LogP contribution in [0.2, 0.25) is 0 Å². The zero-order valence-electron chi connectivity index (χ0n) is 10.7. The number of ether oxygens (including phenoxy) is 1. The smallest absolute Gasteiger partial charge is 0.234 e. The molecule has 0 spiro atoms. The number of amides is 1. The van der Waals surface area contributed by atoms with Gasteiger partial charge in [0.15, 0.2) is 0 Å². The molecule has 0 aromatic rings. The highest BCUT2D eigenvalue weighted by atomic mass is 16.5. The van der Waals surface area contributed by atoms with Gasteiger partial charge in [-0.3, -0.25) is 9.69 Å². The van der Waals surface area contributed by atoms with E-state index in [1.807, 2.05) is 6.92 Å². The van der Waals surface area contributed by atoms with Crippen LogP contribution in [0.4, 0.5) is 0 Å². The largest absolute Gasteiger partial charge is 0.383 e. The van der Waals surface area contributed by atoms with Gasteiger partial charge in [-0.2, -0.15) is 0 Å². The number of hydrogen-bond donors (Lipinski definition) is 2. The van der Waals surface area contributed by atoms with Crippen molar-refractivity contribution in [2.24, 2.45) is 11.7 Å². The number of nitrogens with zero attached hydrogens (tertiary/aromatic N) is 1. The normalized spacial score (nSPS) is 25.1. The molecule has 3 N–H and O–H groups in total. The third kappa shape index (κ3) is 3.18. The molecule has 1 unspecified atom stereocenters. The van der Waals surface area contributed by atoms with E-state index in [1.54, 1.807) is 7.11 Å². The van der Waals surface area contributed by atoms with E-state index in [9.17, 15) is 4.79 Å². The third-order valence-electron chi connectivity index (χ3n) is 3.62. The summed E-state index contributed by atoms with van der Waals surface area (Å²) in [6.45, 7) is 4.68. The Morgan fingerprint density at radius 2 is 2.24 bits per heavy atom. The molecule has 1 atom stereocenters. The molecule has 1 saturated heterocycles. The van der Waals surface area contributed by atoms with E-state index in [0.29, 0.717) is 19.1 Å². The van der Waals surface area contributed by atoms with Crippen LogP contribution in [0.3, 0.4) is 0 Å². The van der Waals surface area contributed by atoms with Crippen LogP contribution in [0.25, 0.3) is 0 Å². The molecule has 1 aliphatic carbocycles. The number of carbonyl (C=O) groups excluding carboxylic acids is 1. The number of carbonyl (C=O) groups is 1. The maximum Gasteiger partial charge on any atom is 0.234 e. The van der Waals surface area contributed by atoms with Gasteiger partial charge in [-0.25, -0.2) is 0 Å². The van der Waals surface area contributed by atoms with Crippen molar-refractivity contribution in [3.63, 3.8) is 0 Å². The van der Waals surface area contributed by atoms with E-state index in [1.165, 1.54) is 12.8 Å². The van der Waals surface area contributed by atoms with E-state index in [-0.39, 0.29) is 17.5 Å². The Hall–Kier alpha value is -0.650. The highest BCUT2D eigenvalue weighted by Gasteiger charge is 2.50. The number of nitrogens with one attached hydrogen (secondary N) is 1. The Morgan fingerprint density at radius 1 is 1.59 bits per heavy atom. The van der Waals surface area contributed by atoms with Crippen molar-refractivity contribution in [2.75, 3.05) is 33.4 Å². The lowest BCUT2D eigenvalue weighted by Gasteiger charge is -2.48. The van der Waals surface area contributed by atoms with Gasteiger partial charge in [0.2, 0.25) is 5.91 Å². The molecule has 5 heteroatoms. The summed E-state index contributed by atoms with van der Waals surface area (Å²) in [4.78, 5) is 13.8. The Balaban J connectivity index is 1.64. The van der Waals surface area contributed by atoms with E-state index >= 15 is 0 Å². The molecule has 0 aromatic carbocycles. The minimum absolute atomic E-state index is 0.00156. The van der Waals surface area contributed by atoms with Gasteiger partial charge in [0.05, 0.1) is 13.2 Å². The van der Waals surface area contributed by atoms with Crippen molar-refractivity contribution in [3.8, 4) is 0 Å². The first-order valence-corrected chi connectivity index (χ1v) is 6.33. The topological polar surface area (TPSA) is 67.6 Å². The molecule has 0 aromatic heterocycles. The molecule has 2 rings (SSSR count). The monoisotopic (exact) mass is 241 g/mol. The fourth-order valence-electron chi connectivity index (χ4n) is 2.63. The molecule has 17 heavy (non-hydrogen) atoms. The standard InChI is InChI=1S/C12H23N3O2/c1-9(6-17-2)14-11(16)5-15-7-12(13,8-15)10-3-4-10/h9-10H,3-8,13H2,1-2H3,(H,14,16). The maximum absolute atomic E-state index is 11.7. The lowest BCUT2D eigenvalue weighted by Crippen LogP contribution is -2.69. The first-order chi connectivity index (χ1) is 8.03. The lowest BCUT2D eigenvalue weighted by molar-refractivity contribution is -0.125. The molecule has 98 valence electrons. The van der Waals surface area contributed by atoms with Gasteiger partial charge >= 0.3 is 0 Å². The fourth-order valence-corrected chi connectivity index (χ4v) is 2.63. The Bertz CT molecular complexity index is 285. The molecule has 1 amide bonds. The predicted octanol–water partition coefficient (Wildman–Crippen LogP) is -0.439. The maximum atomic E-state index is 11.7. The van der Waals surface area contributed by atoms with Crippen molar-refractivity contribution in [2.45, 2.75) is 31.3 Å². The molecular weight excluding hydrogens is 218 g/mol. The van der Waals surface area contributed by atoms with Gasteiger partial charge in [0.1, 0.15) is 0 Å². The minimum Gasteiger partial charge on any atom is -0.383 e. The molecule has 0 radical (unpaired) electrons. The van der Waals surface area contributed by atoms with E-state index < -0.39 is 0 Å². The van der Waals surface area contributed by atoms with Crippen molar-refractivity contribution >= 4 is 5.91 Å². The number of hydrogen-bond acceptors (Lipinski definition) is 4. The zero-order valence-corrected chi connectivity index (χ0v) is 10.7. The van der Waals surface area contributed by atoms with Gasteiger partial charge in [-0.1, -0.05) is 0 Å². The Morgan fingerprint density at radius 3 is 2.76 bits per heavy atom. The number of methoxy groups -OCH3 is 1. The van der Waals surface area contributed by atoms with Crippen molar-refractivity contribution in [3.05, 3.63) is 0 Å². The van der Waals surface area contributed by atoms with Crippen LogP contribution in [0, 0.1) is 5.92 Å². The van der Waals surface area contributed by atoms with Crippen LogP contribution in [0.1, 0.15) is 19.8 Å². The average Bonchev–Trinajstić information content (AvgIpc) is 2.97. The van der Waals surface area contributed by atoms with Gasteiger partial charge in [-0.15, -0.1) is 0 Å². The van der Waals surface area contributed by atoms with Crippen LogP contribution in [0.15, 0.2) is 0 Å². The summed E-state index contributed by atoms with van der Waals surface area (Å²) >= 11 is 0. The molecule has 5 nitrogen and oxygen atoms in total. The molecule has 2 aliphatic rings. The fraction of sp³-hybridized carbons (Fsp3) is 0.917. The molecule has 1 saturated carbocycles. The summed E-state index contributed by atoms with van der Waals surface area (Å²) in [5, 5.41) is 2.91. The summed E-state index contributed by atoms with van der Waals surface area (Å²) < 4.78 is 4.97. The van der Waals surface area contributed by atoms with E-state index in [2.05, 4.69) is 10.2 Å². The van der Waals surface area contributed by atoms with Gasteiger partial charge in [0.25, 0.3) is 0 Å². The highest BCUT2D eigenvalue weighted by Crippen LogP contribution is 2.42. The molecule has 2 fully saturated rings. The van der Waals surface area contributed by atoms with Crippen LogP contribution >= 0.6 is 0 Å². The summed E-state index contributed by atoms with van der Waals surface area (Å²) in [5.74, 6) is 0.765. The van der Waals surface area contributed by atoms with Gasteiger partial charge in [0, 0.05) is 31.8 Å². The lowest BCUT2D eigenvalue weighted by atomic mass is 9.86. The van der Waals surface area contributed by atoms with E-state index in [4.69, 9.17) is 10.5 Å². The van der Waals surface area contributed by atoms with Crippen LogP contribution in [-0.2, 0) is 9.53 Å².